The lowest BCUT2D eigenvalue weighted by Crippen LogP contribution is -2.15. The summed E-state index contributed by atoms with van der Waals surface area (Å²) in [6.45, 7) is 0. The molecule has 0 spiro atoms. The van der Waals surface area contributed by atoms with E-state index < -0.39 is 12.1 Å². The molecule has 0 aliphatic carbocycles. The van der Waals surface area contributed by atoms with Crippen LogP contribution in [-0.2, 0) is 11.2 Å². The van der Waals surface area contributed by atoms with Crippen LogP contribution in [0.15, 0.2) is 36.4 Å². The summed E-state index contributed by atoms with van der Waals surface area (Å²) in [6, 6.07) is 7.43. The molecule has 0 aromatic heterocycles. The van der Waals surface area contributed by atoms with Crippen molar-refractivity contribution in [3.63, 3.8) is 0 Å². The fraction of sp³-hybridized carbons (Fsp3) is 0.250. The zero-order valence-corrected chi connectivity index (χ0v) is 8.96. The number of ether oxygens (including phenoxy) is 1. The molecule has 0 bridgehead atoms. The van der Waals surface area contributed by atoms with Crippen LogP contribution < -0.4 is 4.74 Å². The second kappa shape index (κ2) is 5.92. The zero-order valence-electron chi connectivity index (χ0n) is 8.96. The molecular weight excluding hydrogens is 208 g/mol. The molecule has 0 aliphatic rings. The van der Waals surface area contributed by atoms with E-state index in [1.54, 1.807) is 13.2 Å². The molecule has 0 heterocycles. The van der Waals surface area contributed by atoms with Crippen molar-refractivity contribution >= 4 is 5.97 Å². The molecule has 0 radical (unpaired) electrons. The minimum absolute atomic E-state index is 0.578. The number of benzene rings is 1. The number of hydrogen-bond acceptors (Lipinski definition) is 3. The fourth-order valence-electron chi connectivity index (χ4n) is 1.18. The summed E-state index contributed by atoms with van der Waals surface area (Å²) in [7, 11) is 1.60. The minimum atomic E-state index is -1.43. The van der Waals surface area contributed by atoms with Crippen LogP contribution in [-0.4, -0.2) is 29.4 Å². The Morgan fingerprint density at radius 3 is 2.56 bits per heavy atom. The van der Waals surface area contributed by atoms with Crippen LogP contribution in [0.1, 0.15) is 5.56 Å². The van der Waals surface area contributed by atoms with Crippen LogP contribution in [0.3, 0.4) is 0 Å². The number of rotatable bonds is 5. The second-order valence-corrected chi connectivity index (χ2v) is 3.26. The van der Waals surface area contributed by atoms with E-state index in [-0.39, 0.29) is 0 Å². The van der Waals surface area contributed by atoms with Crippen molar-refractivity contribution in [2.24, 2.45) is 0 Å². The van der Waals surface area contributed by atoms with Gasteiger partial charge < -0.3 is 14.9 Å². The molecule has 1 aromatic carbocycles. The first-order valence-corrected chi connectivity index (χ1v) is 4.84. The van der Waals surface area contributed by atoms with Crippen molar-refractivity contribution in [1.29, 1.82) is 0 Å². The predicted octanol–water partition coefficient (Wildman–Crippen LogP) is 1.24. The maximum atomic E-state index is 10.3. The van der Waals surface area contributed by atoms with Gasteiger partial charge in [-0.25, -0.2) is 4.79 Å². The molecule has 4 heteroatoms. The SMILES string of the molecule is COc1ccc(C/C=C\C(O)C(=O)O)cc1. The van der Waals surface area contributed by atoms with Crippen molar-refractivity contribution < 1.29 is 19.7 Å². The highest BCUT2D eigenvalue weighted by molar-refractivity contribution is 5.74. The molecular formula is C12H14O4. The van der Waals surface area contributed by atoms with E-state index in [1.807, 2.05) is 24.3 Å². The van der Waals surface area contributed by atoms with Gasteiger partial charge in [0, 0.05) is 0 Å². The van der Waals surface area contributed by atoms with Crippen molar-refractivity contribution in [3.05, 3.63) is 42.0 Å². The van der Waals surface area contributed by atoms with Crippen molar-refractivity contribution in [2.45, 2.75) is 12.5 Å². The number of allylic oxidation sites excluding steroid dienone is 1. The van der Waals surface area contributed by atoms with E-state index >= 15 is 0 Å². The number of aliphatic carboxylic acids is 1. The average molecular weight is 222 g/mol. The summed E-state index contributed by atoms with van der Waals surface area (Å²) >= 11 is 0. The van der Waals surface area contributed by atoms with Crippen molar-refractivity contribution in [2.75, 3.05) is 7.11 Å². The highest BCUT2D eigenvalue weighted by atomic mass is 16.5. The summed E-state index contributed by atoms with van der Waals surface area (Å²) in [5.41, 5.74) is 1.02. The van der Waals surface area contributed by atoms with Gasteiger partial charge in [-0.3, -0.25) is 0 Å². The lowest BCUT2D eigenvalue weighted by molar-refractivity contribution is -0.144. The quantitative estimate of drug-likeness (QED) is 0.735. The largest absolute Gasteiger partial charge is 0.497 e. The number of carboxylic acid groups (broad SMARTS) is 1. The van der Waals surface area contributed by atoms with Gasteiger partial charge in [0.2, 0.25) is 0 Å². The lowest BCUT2D eigenvalue weighted by Gasteiger charge is -2.01. The second-order valence-electron chi connectivity index (χ2n) is 3.26. The Hall–Kier alpha value is -1.81. The Balaban J connectivity index is 2.51. The van der Waals surface area contributed by atoms with E-state index in [0.29, 0.717) is 6.42 Å². The molecule has 0 saturated carbocycles. The standard InChI is InChI=1S/C12H14O4/c1-16-10-7-5-9(6-8-10)3-2-4-11(13)12(14)15/h2,4-8,11,13H,3H2,1H3,(H,14,15)/b4-2-. The minimum Gasteiger partial charge on any atom is -0.497 e. The molecule has 0 aliphatic heterocycles. The summed E-state index contributed by atoms with van der Waals surface area (Å²) in [6.07, 6.45) is 2.03. The van der Waals surface area contributed by atoms with E-state index in [1.165, 1.54) is 6.08 Å². The Kier molecular flexibility index (Phi) is 4.54. The highest BCUT2D eigenvalue weighted by Crippen LogP contribution is 2.11. The van der Waals surface area contributed by atoms with Crippen molar-refractivity contribution in [3.8, 4) is 5.75 Å². The van der Waals surface area contributed by atoms with E-state index in [0.717, 1.165) is 11.3 Å². The van der Waals surface area contributed by atoms with E-state index in [9.17, 15) is 4.79 Å². The van der Waals surface area contributed by atoms with Gasteiger partial charge in [-0.1, -0.05) is 18.2 Å². The van der Waals surface area contributed by atoms with Gasteiger partial charge in [0.1, 0.15) is 5.75 Å². The molecule has 1 atom stereocenters. The van der Waals surface area contributed by atoms with Crippen LogP contribution in [0, 0.1) is 0 Å². The molecule has 1 aromatic rings. The molecule has 16 heavy (non-hydrogen) atoms. The van der Waals surface area contributed by atoms with Crippen LogP contribution >= 0.6 is 0 Å². The molecule has 4 nitrogen and oxygen atoms in total. The lowest BCUT2D eigenvalue weighted by atomic mass is 10.1. The smallest absolute Gasteiger partial charge is 0.336 e. The summed E-state index contributed by atoms with van der Waals surface area (Å²) in [5, 5.41) is 17.4. The fourth-order valence-corrected chi connectivity index (χ4v) is 1.18. The third-order valence-corrected chi connectivity index (χ3v) is 2.08. The predicted molar refractivity (Wildman–Crippen MR) is 59.5 cm³/mol. The number of aliphatic hydroxyl groups is 1. The van der Waals surface area contributed by atoms with Gasteiger partial charge in [0.25, 0.3) is 0 Å². The molecule has 0 amide bonds. The summed E-state index contributed by atoms with van der Waals surface area (Å²) < 4.78 is 5.01. The molecule has 1 unspecified atom stereocenters. The summed E-state index contributed by atoms with van der Waals surface area (Å²) in [4.78, 5) is 10.3. The topological polar surface area (TPSA) is 66.8 Å². The zero-order chi connectivity index (χ0) is 12.0. The van der Waals surface area contributed by atoms with E-state index in [2.05, 4.69) is 0 Å². The Morgan fingerprint density at radius 2 is 2.06 bits per heavy atom. The van der Waals surface area contributed by atoms with Crippen LogP contribution in [0.4, 0.5) is 0 Å². The maximum absolute atomic E-state index is 10.3. The third kappa shape index (κ3) is 3.74. The van der Waals surface area contributed by atoms with Crippen LogP contribution in [0.2, 0.25) is 0 Å². The average Bonchev–Trinajstić information content (AvgIpc) is 2.29. The maximum Gasteiger partial charge on any atom is 0.336 e. The van der Waals surface area contributed by atoms with Gasteiger partial charge in [-0.15, -0.1) is 0 Å². The monoisotopic (exact) mass is 222 g/mol. The Labute approximate surface area is 93.8 Å². The highest BCUT2D eigenvalue weighted by Gasteiger charge is 2.06. The Bertz CT molecular complexity index is 367. The first kappa shape index (κ1) is 12.3. The van der Waals surface area contributed by atoms with Gasteiger partial charge in [-0.05, 0) is 30.2 Å². The van der Waals surface area contributed by atoms with Crippen LogP contribution in [0.25, 0.3) is 0 Å². The third-order valence-electron chi connectivity index (χ3n) is 2.08. The first-order chi connectivity index (χ1) is 7.63. The Morgan fingerprint density at radius 1 is 1.44 bits per heavy atom. The van der Waals surface area contributed by atoms with Gasteiger partial charge in [0.15, 0.2) is 6.10 Å². The molecule has 0 saturated heterocycles. The van der Waals surface area contributed by atoms with Gasteiger partial charge in [-0.2, -0.15) is 0 Å². The molecule has 1 rings (SSSR count). The number of aliphatic hydroxyl groups excluding tert-OH is 1. The molecule has 0 fully saturated rings. The van der Waals surface area contributed by atoms with E-state index in [4.69, 9.17) is 14.9 Å². The molecule has 86 valence electrons. The van der Waals surface area contributed by atoms with Crippen molar-refractivity contribution in [1.82, 2.24) is 0 Å². The number of methoxy groups -OCH3 is 1. The first-order valence-electron chi connectivity index (χ1n) is 4.84. The van der Waals surface area contributed by atoms with Crippen LogP contribution in [0.5, 0.6) is 5.75 Å². The molecule has 2 N–H and O–H groups in total. The number of carboxylic acids is 1. The summed E-state index contributed by atoms with van der Waals surface area (Å²) in [5.74, 6) is -0.468. The normalized spacial score (nSPS) is 12.6. The van der Waals surface area contributed by atoms with Gasteiger partial charge in [0.05, 0.1) is 7.11 Å². The number of hydrogen-bond donors (Lipinski definition) is 2. The van der Waals surface area contributed by atoms with Gasteiger partial charge >= 0.3 is 5.97 Å². The number of carbonyl (C=O) groups is 1.